The van der Waals surface area contributed by atoms with Crippen molar-refractivity contribution in [2.45, 2.75) is 210 Å². The van der Waals surface area contributed by atoms with Crippen LogP contribution in [0.5, 0.6) is 0 Å². The lowest BCUT2D eigenvalue weighted by Gasteiger charge is -2.61. The Morgan fingerprint density at radius 2 is 0.703 bits per heavy atom. The van der Waals surface area contributed by atoms with Gasteiger partial charge in [-0.05, 0) is 110 Å². The van der Waals surface area contributed by atoms with E-state index in [-0.39, 0.29) is 36.0 Å². The number of ether oxygens (including phenoxy) is 6. The van der Waals surface area contributed by atoms with Crippen molar-refractivity contribution in [3.63, 3.8) is 0 Å². The second-order valence-electron chi connectivity index (χ2n) is 26.1. The zero-order chi connectivity index (χ0) is 76.2. The molecule has 0 amide bonds. The van der Waals surface area contributed by atoms with Crippen LogP contribution < -0.4 is 0 Å². The van der Waals surface area contributed by atoms with E-state index in [1.54, 1.807) is 0 Å². The second kappa shape index (κ2) is 32.2. The predicted molar refractivity (Wildman–Crippen MR) is 321 cm³/mol. The summed E-state index contributed by atoms with van der Waals surface area (Å²) in [6.07, 6.45) is -41.0. The van der Waals surface area contributed by atoms with Gasteiger partial charge in [0.1, 0.15) is 54.9 Å². The fourth-order valence-electron chi connectivity index (χ4n) is 15.8. The molecule has 0 aromatic heterocycles. The maximum Gasteiger partial charge on any atom is 0.397 e. The molecule has 3 heterocycles. The topological polar surface area (TPSA) is 691 Å². The Labute approximate surface area is 582 Å². The van der Waals surface area contributed by atoms with Gasteiger partial charge in [0.25, 0.3) is 0 Å². The average molecular weight is 1680 g/mol. The molecule has 0 aromatic carbocycles. The van der Waals surface area contributed by atoms with Crippen molar-refractivity contribution < 1.29 is 200 Å². The van der Waals surface area contributed by atoms with E-state index in [1.807, 2.05) is 6.92 Å². The molecule has 594 valence electrons. The molecule has 0 unspecified atom stereocenters. The Balaban J connectivity index is 1.34. The lowest BCUT2D eigenvalue weighted by molar-refractivity contribution is -0.371. The quantitative estimate of drug-likeness (QED) is 0.0279. The smallest absolute Gasteiger partial charge is 0.346 e. The molecule has 7 rings (SSSR count). The van der Waals surface area contributed by atoms with E-state index in [4.69, 9.17) is 36.8 Å². The standard InChI is InChI=1S/C45H78O46S10/c1-21(2)7-6-8-22(3)26-13-14-27-25-12-10-23-9-11-24(17-45(23,5)28(25)15-16-44(26,27)4)79-41-38(89-99(67,68)69)35(86-96(58,59)60)32(29(80-41)18-76-92(46,47)48)83-42-39(90-100(70,71)72)36(87-97(61,62)63)33(30(81-42)19-77-93(49,50)51)84-43-40(91-101(73,74)75)37(88-98(64,65)66)34(85-95(55,56)57)31(82-43)20-78-94(52,53)54/h21-43H,6-20H2,1-5H3,(H,46,47,48)(H,49,50,51)(H,52,53,54)(H,55,56,57)(H,58,59,60)(H,61,62,63)(H,64,65,66)(H,67,68,69)(H,70,71,72)(H,73,74,75)/t22-,23+,24+,25+,26-,27+,28+,29-,30-,31-,32-,33-,34-,35+,36+,37+,38-,39-,40-,41-,42-,43-,44-,45+/m1/s1. The zero-order valence-electron chi connectivity index (χ0n) is 53.1. The van der Waals surface area contributed by atoms with Crippen LogP contribution in [0.4, 0.5) is 0 Å². The largest absolute Gasteiger partial charge is 0.397 e. The molecule has 56 heteroatoms. The third-order valence-corrected chi connectivity index (χ3v) is 23.8. The summed E-state index contributed by atoms with van der Waals surface area (Å²) in [5.74, 6) is 2.05. The van der Waals surface area contributed by atoms with E-state index in [0.29, 0.717) is 30.1 Å². The molecular weight excluding hydrogens is 1600 g/mol. The molecule has 24 atom stereocenters. The highest BCUT2D eigenvalue weighted by molar-refractivity contribution is 7.83. The molecule has 0 aromatic rings. The number of fused-ring (bicyclic) bond motifs is 5. The Morgan fingerprint density at radius 3 is 1.08 bits per heavy atom. The van der Waals surface area contributed by atoms with Gasteiger partial charge in [-0.1, -0.05) is 53.9 Å². The van der Waals surface area contributed by atoms with Gasteiger partial charge in [-0.15, -0.1) is 0 Å². The molecule has 10 N–H and O–H groups in total. The monoisotopic (exact) mass is 1670 g/mol. The van der Waals surface area contributed by atoms with Crippen LogP contribution in [0.2, 0.25) is 0 Å². The molecule has 0 radical (unpaired) electrons. The van der Waals surface area contributed by atoms with Crippen LogP contribution in [0.25, 0.3) is 0 Å². The highest BCUT2D eigenvalue weighted by atomic mass is 32.3. The summed E-state index contributed by atoms with van der Waals surface area (Å²) in [5.41, 5.74) is -0.590. The van der Waals surface area contributed by atoms with Crippen LogP contribution in [0.3, 0.4) is 0 Å². The fourth-order valence-corrected chi connectivity index (χ4v) is 20.2. The van der Waals surface area contributed by atoms with Crippen LogP contribution in [0.15, 0.2) is 0 Å². The van der Waals surface area contributed by atoms with Crippen LogP contribution in [-0.2, 0) is 174 Å². The normalized spacial score (nSPS) is 37.8. The lowest BCUT2D eigenvalue weighted by Crippen LogP contribution is -2.69. The first kappa shape index (κ1) is 86.7. The summed E-state index contributed by atoms with van der Waals surface area (Å²) in [6.45, 7) is 4.99. The minimum Gasteiger partial charge on any atom is -0.346 e. The van der Waals surface area contributed by atoms with Crippen molar-refractivity contribution in [1.29, 1.82) is 0 Å². The first-order valence-corrected chi connectivity index (χ1v) is 43.7. The molecule has 0 spiro atoms. The van der Waals surface area contributed by atoms with Gasteiger partial charge in [0.05, 0.1) is 25.9 Å². The molecular formula is C45H78O46S10. The second-order valence-corrected chi connectivity index (χ2v) is 36.7. The Morgan fingerprint density at radius 1 is 0.366 bits per heavy atom. The van der Waals surface area contributed by atoms with Gasteiger partial charge >= 0.3 is 104 Å². The van der Waals surface area contributed by atoms with Gasteiger partial charge in [0.15, 0.2) is 37.2 Å². The first-order chi connectivity index (χ1) is 45.7. The Kier molecular flexibility index (Phi) is 27.6. The summed E-state index contributed by atoms with van der Waals surface area (Å²) in [4.78, 5) is 0. The molecule has 3 aliphatic heterocycles. The molecule has 7 fully saturated rings. The van der Waals surface area contributed by atoms with Crippen LogP contribution in [-0.4, -0.2) is 248 Å². The fraction of sp³-hybridized carbons (Fsp3) is 1.00. The van der Waals surface area contributed by atoms with Gasteiger partial charge in [0, 0.05) is 0 Å². The van der Waals surface area contributed by atoms with Crippen molar-refractivity contribution in [3.05, 3.63) is 0 Å². The minimum atomic E-state index is -6.55. The van der Waals surface area contributed by atoms with Gasteiger partial charge < -0.3 is 28.4 Å². The molecule has 7 aliphatic rings. The summed E-state index contributed by atoms with van der Waals surface area (Å²) < 4.78 is 428. The predicted octanol–water partition coefficient (Wildman–Crippen LogP) is -0.788. The molecule has 101 heavy (non-hydrogen) atoms. The van der Waals surface area contributed by atoms with Crippen LogP contribution in [0, 0.1) is 52.3 Å². The van der Waals surface area contributed by atoms with E-state index in [2.05, 4.69) is 61.2 Å². The highest BCUT2D eigenvalue weighted by Gasteiger charge is 2.64. The van der Waals surface area contributed by atoms with E-state index in [9.17, 15) is 130 Å². The van der Waals surface area contributed by atoms with Crippen molar-refractivity contribution in [2.24, 2.45) is 52.3 Å². The number of hydrogen-bond acceptors (Lipinski definition) is 36. The summed E-state index contributed by atoms with van der Waals surface area (Å²) in [6, 6.07) is 0. The molecule has 4 saturated carbocycles. The Bertz CT molecular complexity index is 4090. The summed E-state index contributed by atoms with van der Waals surface area (Å²) in [7, 11) is -62.2. The van der Waals surface area contributed by atoms with Crippen LogP contribution in [0.1, 0.15) is 112 Å². The first-order valence-electron chi connectivity index (χ1n) is 30.1. The van der Waals surface area contributed by atoms with Crippen molar-refractivity contribution in [2.75, 3.05) is 19.8 Å². The molecule has 3 saturated heterocycles. The van der Waals surface area contributed by atoms with E-state index in [1.165, 1.54) is 0 Å². The number of rotatable bonds is 34. The van der Waals surface area contributed by atoms with Gasteiger partial charge in [0.2, 0.25) is 0 Å². The summed E-state index contributed by atoms with van der Waals surface area (Å²) in [5, 5.41) is 0. The molecule has 0 bridgehead atoms. The number of hydrogen-bond donors (Lipinski definition) is 10. The van der Waals surface area contributed by atoms with Crippen molar-refractivity contribution in [1.82, 2.24) is 0 Å². The zero-order valence-corrected chi connectivity index (χ0v) is 61.3. The lowest BCUT2D eigenvalue weighted by atomic mass is 9.44. The maximum atomic E-state index is 13.0. The Hall–Kier alpha value is -1.54. The molecule has 46 nitrogen and oxygen atoms in total. The van der Waals surface area contributed by atoms with Crippen molar-refractivity contribution in [3.8, 4) is 0 Å². The highest BCUT2D eigenvalue weighted by Crippen LogP contribution is 2.69. The average Bonchev–Trinajstić information content (AvgIpc) is 1.68. The van der Waals surface area contributed by atoms with Crippen molar-refractivity contribution >= 4 is 104 Å². The SMILES string of the molecule is CC(C)CCC[C@@H](C)[C@H]1CC[C@H]2[C@@H]3CC[C@@H]4CC[C@H](O[C@@H]5O[C@H](COS(=O)(=O)O)[C@@H](O[C@H]6O[C@H](COS(=O)(=O)O)[C@@H](O[C@H]7O[C@H](COS(=O)(=O)O)[C@@H](OS(=O)(=O)O)[C@H](OS(=O)(=O)O)[C@H]7OS(=O)(=O)O)[C@H](OS(=O)(=O)O)[C@H]6OS(=O)(=O)O)[C@H](OS(=O)(=O)O)[C@H]5OS(=O)(=O)O)C[C@]4(C)[C@H]3CC[C@]12C. The van der Waals surface area contributed by atoms with Crippen LogP contribution >= 0.6 is 0 Å². The van der Waals surface area contributed by atoms with E-state index >= 15 is 0 Å². The minimum absolute atomic E-state index is 0.00132. The van der Waals surface area contributed by atoms with E-state index in [0.717, 1.165) is 57.8 Å². The van der Waals surface area contributed by atoms with Gasteiger partial charge in [-0.25, -0.2) is 41.8 Å². The maximum absolute atomic E-state index is 13.0. The van der Waals surface area contributed by atoms with Gasteiger partial charge in [-0.3, -0.25) is 45.5 Å². The third-order valence-electron chi connectivity index (χ3n) is 19.2. The van der Waals surface area contributed by atoms with E-state index < -0.39 is 227 Å². The third kappa shape index (κ3) is 25.0. The molecule has 4 aliphatic carbocycles. The summed E-state index contributed by atoms with van der Waals surface area (Å²) >= 11 is 0. The van der Waals surface area contributed by atoms with Gasteiger partial charge in [-0.2, -0.15) is 84.2 Å².